The third kappa shape index (κ3) is 5.06. The number of benzene rings is 1. The third-order valence-electron chi connectivity index (χ3n) is 5.64. The van der Waals surface area contributed by atoms with Gasteiger partial charge in [0, 0.05) is 0 Å². The Morgan fingerprint density at radius 2 is 2.03 bits per heavy atom. The van der Waals surface area contributed by atoms with Gasteiger partial charge in [-0.15, -0.1) is 0 Å². The minimum absolute atomic E-state index is 0.189. The first-order valence-electron chi connectivity index (χ1n) is 10.1. The van der Waals surface area contributed by atoms with Crippen LogP contribution in [0.5, 0.6) is 0 Å². The van der Waals surface area contributed by atoms with E-state index in [1.165, 1.54) is 19.3 Å². The fourth-order valence-corrected chi connectivity index (χ4v) is 4.23. The molecule has 1 aromatic heterocycles. The van der Waals surface area contributed by atoms with Crippen molar-refractivity contribution in [2.75, 3.05) is 10.6 Å². The molecule has 2 aliphatic carbocycles. The van der Waals surface area contributed by atoms with Crippen molar-refractivity contribution in [1.82, 2.24) is 10.3 Å². The Morgan fingerprint density at radius 1 is 1.17 bits per heavy atom. The first-order valence-corrected chi connectivity index (χ1v) is 10.1. The summed E-state index contributed by atoms with van der Waals surface area (Å²) < 4.78 is 5.19. The molecule has 3 atom stereocenters. The molecule has 0 aliphatic heterocycles. The van der Waals surface area contributed by atoms with Crippen LogP contribution in [-0.4, -0.2) is 23.1 Å². The van der Waals surface area contributed by atoms with Gasteiger partial charge in [-0.1, -0.05) is 36.8 Å². The Hall–Kier alpha value is -3.60. The normalized spacial score (nSPS) is 22.2. The summed E-state index contributed by atoms with van der Waals surface area (Å²) in [4.78, 5) is 20.9. The molecule has 8 nitrogen and oxygen atoms in total. The van der Waals surface area contributed by atoms with Crippen LogP contribution in [0.4, 0.5) is 16.3 Å². The van der Waals surface area contributed by atoms with Crippen LogP contribution in [-0.2, 0) is 11.3 Å². The molecule has 0 saturated heterocycles. The molecule has 1 amide bonds. The highest BCUT2D eigenvalue weighted by Gasteiger charge is 2.39. The number of carbonyl (C=O) groups excluding carboxylic acids is 1. The molecule has 1 heterocycles. The van der Waals surface area contributed by atoms with Crippen molar-refractivity contribution < 1.29 is 9.53 Å². The molecule has 2 bridgehead atoms. The summed E-state index contributed by atoms with van der Waals surface area (Å²) in [5, 5.41) is 17.4. The molecule has 154 valence electrons. The lowest BCUT2D eigenvalue weighted by atomic mass is 9.96. The number of rotatable bonds is 5. The smallest absolute Gasteiger partial charge is 0.413 e. The van der Waals surface area contributed by atoms with Gasteiger partial charge in [0.1, 0.15) is 12.4 Å². The quantitative estimate of drug-likeness (QED) is 0.302. The van der Waals surface area contributed by atoms with Crippen LogP contribution in [0, 0.1) is 23.3 Å². The van der Waals surface area contributed by atoms with Crippen LogP contribution >= 0.6 is 0 Å². The second-order valence-electron chi connectivity index (χ2n) is 7.70. The van der Waals surface area contributed by atoms with Crippen LogP contribution < -0.4 is 16.0 Å². The van der Waals surface area contributed by atoms with E-state index in [4.69, 9.17) is 15.0 Å². The van der Waals surface area contributed by atoms with Gasteiger partial charge in [0.25, 0.3) is 0 Å². The van der Waals surface area contributed by atoms with Crippen molar-refractivity contribution in [3.8, 4) is 6.19 Å². The highest BCUT2D eigenvalue weighted by molar-refractivity contribution is 5.94. The molecule has 2 fully saturated rings. The van der Waals surface area contributed by atoms with Gasteiger partial charge in [0.05, 0.1) is 17.9 Å². The van der Waals surface area contributed by atoms with E-state index >= 15 is 0 Å². The monoisotopic (exact) mass is 404 g/mol. The number of carbonyl (C=O) groups is 1. The fourth-order valence-electron chi connectivity index (χ4n) is 4.23. The average Bonchev–Trinajstić information content (AvgIpc) is 3.38. The average molecular weight is 404 g/mol. The van der Waals surface area contributed by atoms with E-state index in [0.29, 0.717) is 23.4 Å². The summed E-state index contributed by atoms with van der Waals surface area (Å²) in [6, 6.07) is 13.1. The van der Waals surface area contributed by atoms with Crippen molar-refractivity contribution in [3.63, 3.8) is 0 Å². The first-order chi connectivity index (χ1) is 14.7. The predicted molar refractivity (Wildman–Crippen MR) is 114 cm³/mol. The standard InChI is InChI=1S/C22H24N6O2/c23-14-25-21(27-19-11-16-6-7-17(19)10-16)26-18-8-9-20(24-12-18)28-22(29)30-13-15-4-2-1-3-5-15/h1-5,8-9,12,16-17,19H,6-7,10-11,13H2,(H,24,28,29)(H2,25,26,27)/t16-,17+,19+/m1/s1. The number of aromatic nitrogens is 1. The van der Waals surface area contributed by atoms with E-state index in [0.717, 1.165) is 17.9 Å². The zero-order chi connectivity index (χ0) is 20.8. The number of guanidine groups is 1. The SMILES string of the molecule is N#CNC(=N[C@H]1C[C@@H]2CC[C@H]1C2)Nc1ccc(NC(=O)OCc2ccccc2)nc1. The number of aliphatic imine (C=N–C) groups is 1. The Bertz CT molecular complexity index is 938. The Morgan fingerprint density at radius 3 is 2.70 bits per heavy atom. The molecule has 0 spiro atoms. The number of hydrogen-bond acceptors (Lipinski definition) is 5. The molecular weight excluding hydrogens is 380 g/mol. The first kappa shape index (κ1) is 19.7. The highest BCUT2D eigenvalue weighted by atomic mass is 16.5. The number of amides is 1. The maximum Gasteiger partial charge on any atom is 0.413 e. The molecule has 2 aromatic rings. The summed E-state index contributed by atoms with van der Waals surface area (Å²) in [5.41, 5.74) is 1.58. The number of nitrogens with one attached hydrogen (secondary N) is 3. The van der Waals surface area contributed by atoms with Crippen LogP contribution in [0.3, 0.4) is 0 Å². The van der Waals surface area contributed by atoms with E-state index in [1.54, 1.807) is 18.3 Å². The van der Waals surface area contributed by atoms with Crippen LogP contribution in [0.25, 0.3) is 0 Å². The van der Waals surface area contributed by atoms with Gasteiger partial charge in [0.15, 0.2) is 6.19 Å². The number of hydrogen-bond donors (Lipinski definition) is 3. The summed E-state index contributed by atoms with van der Waals surface area (Å²) in [6.07, 6.45) is 7.80. The molecule has 8 heteroatoms. The van der Waals surface area contributed by atoms with Crippen molar-refractivity contribution in [3.05, 3.63) is 54.2 Å². The number of fused-ring (bicyclic) bond motifs is 2. The summed E-state index contributed by atoms with van der Waals surface area (Å²) in [6.45, 7) is 0.189. The van der Waals surface area contributed by atoms with Crippen LogP contribution in [0.2, 0.25) is 0 Å². The maximum atomic E-state index is 11.9. The molecule has 1 aromatic carbocycles. The van der Waals surface area contributed by atoms with Gasteiger partial charge in [-0.3, -0.25) is 10.6 Å². The van der Waals surface area contributed by atoms with Crippen LogP contribution in [0.1, 0.15) is 31.2 Å². The second kappa shape index (κ2) is 9.27. The molecule has 0 radical (unpaired) electrons. The lowest BCUT2D eigenvalue weighted by molar-refractivity contribution is 0.155. The molecule has 2 aliphatic rings. The predicted octanol–water partition coefficient (Wildman–Crippen LogP) is 3.86. The number of anilines is 2. The summed E-state index contributed by atoms with van der Waals surface area (Å²) in [7, 11) is 0. The van der Waals surface area contributed by atoms with Gasteiger partial charge in [0.2, 0.25) is 5.96 Å². The third-order valence-corrected chi connectivity index (χ3v) is 5.64. The fraction of sp³-hybridized carbons (Fsp3) is 0.364. The van der Waals surface area contributed by atoms with E-state index in [2.05, 4.69) is 20.9 Å². The lowest BCUT2D eigenvalue weighted by Crippen LogP contribution is -2.30. The van der Waals surface area contributed by atoms with E-state index in [-0.39, 0.29) is 12.6 Å². The number of nitriles is 1. The lowest BCUT2D eigenvalue weighted by Gasteiger charge is -2.19. The second-order valence-corrected chi connectivity index (χ2v) is 7.70. The Kier molecular flexibility index (Phi) is 6.09. The van der Waals surface area contributed by atoms with Crippen molar-refractivity contribution in [2.45, 2.75) is 38.3 Å². The van der Waals surface area contributed by atoms with Gasteiger partial charge in [-0.25, -0.2) is 14.8 Å². The summed E-state index contributed by atoms with van der Waals surface area (Å²) >= 11 is 0. The Balaban J connectivity index is 1.31. The maximum absolute atomic E-state index is 11.9. The number of ether oxygens (including phenoxy) is 1. The van der Waals surface area contributed by atoms with Crippen molar-refractivity contribution in [1.29, 1.82) is 5.26 Å². The van der Waals surface area contributed by atoms with E-state index in [1.807, 2.05) is 36.5 Å². The van der Waals surface area contributed by atoms with Gasteiger partial charge in [-0.05, 0) is 48.8 Å². The zero-order valence-electron chi connectivity index (χ0n) is 16.5. The molecular formula is C22H24N6O2. The molecule has 4 rings (SSSR count). The van der Waals surface area contributed by atoms with Crippen molar-refractivity contribution in [2.24, 2.45) is 16.8 Å². The molecule has 3 N–H and O–H groups in total. The van der Waals surface area contributed by atoms with Gasteiger partial charge in [-0.2, -0.15) is 5.26 Å². The number of nitrogens with zero attached hydrogens (tertiary/aromatic N) is 3. The molecule has 0 unspecified atom stereocenters. The minimum Gasteiger partial charge on any atom is -0.444 e. The topological polar surface area (TPSA) is 111 Å². The highest BCUT2D eigenvalue weighted by Crippen LogP contribution is 2.45. The van der Waals surface area contributed by atoms with Crippen molar-refractivity contribution >= 4 is 23.6 Å². The largest absolute Gasteiger partial charge is 0.444 e. The molecule has 2 saturated carbocycles. The van der Waals surface area contributed by atoms with E-state index in [9.17, 15) is 4.79 Å². The minimum atomic E-state index is -0.572. The summed E-state index contributed by atoms with van der Waals surface area (Å²) in [5.74, 6) is 2.21. The van der Waals surface area contributed by atoms with Gasteiger partial charge >= 0.3 is 6.09 Å². The zero-order valence-corrected chi connectivity index (χ0v) is 16.5. The molecule has 30 heavy (non-hydrogen) atoms. The van der Waals surface area contributed by atoms with E-state index < -0.39 is 6.09 Å². The Labute approximate surface area is 175 Å². The van der Waals surface area contributed by atoms with Crippen LogP contribution in [0.15, 0.2) is 53.7 Å². The van der Waals surface area contributed by atoms with Gasteiger partial charge < -0.3 is 10.1 Å². The number of pyridine rings is 1.